The van der Waals surface area contributed by atoms with Gasteiger partial charge in [-0.25, -0.2) is 0 Å². The van der Waals surface area contributed by atoms with Crippen molar-refractivity contribution in [3.8, 4) is 0 Å². The number of carbonyl (C=O) groups is 1. The molecule has 0 aliphatic rings. The van der Waals surface area contributed by atoms with E-state index in [1.807, 2.05) is 0 Å². The van der Waals surface area contributed by atoms with Crippen molar-refractivity contribution in [2.24, 2.45) is 0 Å². The molecule has 18 heavy (non-hydrogen) atoms. The summed E-state index contributed by atoms with van der Waals surface area (Å²) < 4.78 is 0. The number of carboxylic acids is 1. The third-order valence-electron chi connectivity index (χ3n) is 3.33. The Kier molecular flexibility index (Phi) is 12.5. The van der Waals surface area contributed by atoms with Gasteiger partial charge in [-0.05, 0) is 19.9 Å². The van der Waals surface area contributed by atoms with Gasteiger partial charge >= 0.3 is 0 Å². The first-order valence-corrected chi connectivity index (χ1v) is 7.62. The monoisotopic (exact) mass is 256 g/mol. The second-order valence-electron chi connectivity index (χ2n) is 5.18. The third kappa shape index (κ3) is 11.9. The van der Waals surface area contributed by atoms with Gasteiger partial charge in [0.2, 0.25) is 0 Å². The highest BCUT2D eigenvalue weighted by Gasteiger charge is 1.99. The Balaban J connectivity index is 3.05. The molecule has 3 nitrogen and oxygen atoms in total. The van der Waals surface area contributed by atoms with Gasteiger partial charge < -0.3 is 15.2 Å². The predicted octanol–water partition coefficient (Wildman–Crippen LogP) is 2.64. The van der Waals surface area contributed by atoms with Crippen LogP contribution in [0.15, 0.2) is 0 Å². The predicted molar refractivity (Wildman–Crippen MR) is 74.3 cm³/mol. The van der Waals surface area contributed by atoms with E-state index in [0.717, 1.165) is 13.0 Å². The largest absolute Gasteiger partial charge is 0.548 e. The number of unbranched alkanes of at least 4 members (excludes halogenated alkanes) is 9. The van der Waals surface area contributed by atoms with E-state index in [9.17, 15) is 9.90 Å². The summed E-state index contributed by atoms with van der Waals surface area (Å²) in [6, 6.07) is -0.524. The maximum atomic E-state index is 10.4. The Labute approximate surface area is 112 Å². The lowest BCUT2D eigenvalue weighted by Crippen LogP contribution is -2.43. The van der Waals surface area contributed by atoms with Crippen molar-refractivity contribution >= 4 is 5.97 Å². The molecular formula is C15H30NO2-. The van der Waals surface area contributed by atoms with Crippen molar-refractivity contribution in [3.63, 3.8) is 0 Å². The zero-order chi connectivity index (χ0) is 13.6. The number of hydrogen-bond acceptors (Lipinski definition) is 3. The van der Waals surface area contributed by atoms with Gasteiger partial charge in [0.15, 0.2) is 0 Å². The fourth-order valence-corrected chi connectivity index (χ4v) is 2.01. The SMILES string of the molecule is CCCCCCCCCCCCNC(C)C(=O)[O-]. The molecule has 0 aromatic heterocycles. The molecule has 1 unspecified atom stereocenters. The van der Waals surface area contributed by atoms with E-state index in [-0.39, 0.29) is 0 Å². The lowest BCUT2D eigenvalue weighted by Gasteiger charge is -2.14. The normalized spacial score (nSPS) is 12.6. The van der Waals surface area contributed by atoms with Gasteiger partial charge in [0.05, 0.1) is 5.97 Å². The van der Waals surface area contributed by atoms with Crippen molar-refractivity contribution in [3.05, 3.63) is 0 Å². The standard InChI is InChI=1S/C15H31NO2/c1-3-4-5-6-7-8-9-10-11-12-13-16-14(2)15(17)18/h14,16H,3-13H2,1-2H3,(H,17,18)/p-1. The van der Waals surface area contributed by atoms with Crippen LogP contribution in [0.5, 0.6) is 0 Å². The van der Waals surface area contributed by atoms with Gasteiger partial charge in [-0.3, -0.25) is 0 Å². The minimum atomic E-state index is -1.01. The molecule has 0 saturated heterocycles. The second-order valence-corrected chi connectivity index (χ2v) is 5.18. The lowest BCUT2D eigenvalue weighted by atomic mass is 10.1. The van der Waals surface area contributed by atoms with Gasteiger partial charge in [0, 0.05) is 6.04 Å². The topological polar surface area (TPSA) is 52.2 Å². The number of carboxylic acid groups (broad SMARTS) is 1. The van der Waals surface area contributed by atoms with Crippen LogP contribution >= 0.6 is 0 Å². The third-order valence-corrected chi connectivity index (χ3v) is 3.33. The average molecular weight is 256 g/mol. The molecule has 0 amide bonds. The number of hydrogen-bond donors (Lipinski definition) is 1. The lowest BCUT2D eigenvalue weighted by molar-refractivity contribution is -0.307. The summed E-state index contributed by atoms with van der Waals surface area (Å²) in [6.07, 6.45) is 13.1. The highest BCUT2D eigenvalue weighted by molar-refractivity contribution is 5.70. The van der Waals surface area contributed by atoms with Crippen LogP contribution in [0.2, 0.25) is 0 Å². The highest BCUT2D eigenvalue weighted by Crippen LogP contribution is 2.10. The summed E-state index contributed by atoms with van der Waals surface area (Å²) in [6.45, 7) is 4.66. The number of rotatable bonds is 13. The maximum absolute atomic E-state index is 10.4. The second kappa shape index (κ2) is 12.9. The molecule has 0 saturated carbocycles. The van der Waals surface area contributed by atoms with E-state index in [4.69, 9.17) is 0 Å². The molecular weight excluding hydrogens is 226 g/mol. The fraction of sp³-hybridized carbons (Fsp3) is 0.933. The Morgan fingerprint density at radius 3 is 1.83 bits per heavy atom. The summed E-state index contributed by atoms with van der Waals surface area (Å²) in [5.41, 5.74) is 0. The van der Waals surface area contributed by atoms with Crippen LogP contribution in [0.4, 0.5) is 0 Å². The molecule has 0 bridgehead atoms. The number of carbonyl (C=O) groups excluding carboxylic acids is 1. The van der Waals surface area contributed by atoms with E-state index in [2.05, 4.69) is 12.2 Å². The summed E-state index contributed by atoms with van der Waals surface area (Å²) in [4.78, 5) is 10.4. The molecule has 0 aliphatic carbocycles. The molecule has 0 spiro atoms. The van der Waals surface area contributed by atoms with Crippen molar-refractivity contribution in [1.82, 2.24) is 5.32 Å². The van der Waals surface area contributed by atoms with Crippen LogP contribution in [0.1, 0.15) is 78.1 Å². The first kappa shape index (κ1) is 17.4. The number of nitrogens with one attached hydrogen (secondary N) is 1. The zero-order valence-corrected chi connectivity index (χ0v) is 12.2. The van der Waals surface area contributed by atoms with Gasteiger partial charge in [-0.2, -0.15) is 0 Å². The Bertz CT molecular complexity index is 195. The van der Waals surface area contributed by atoms with Crippen molar-refractivity contribution in [2.45, 2.75) is 84.1 Å². The van der Waals surface area contributed by atoms with Gasteiger partial charge in [-0.15, -0.1) is 0 Å². The van der Waals surface area contributed by atoms with Crippen molar-refractivity contribution < 1.29 is 9.90 Å². The van der Waals surface area contributed by atoms with Crippen LogP contribution in [0, 0.1) is 0 Å². The molecule has 1 N–H and O–H groups in total. The molecule has 108 valence electrons. The van der Waals surface area contributed by atoms with Crippen molar-refractivity contribution in [1.29, 1.82) is 0 Å². The van der Waals surface area contributed by atoms with Crippen molar-refractivity contribution in [2.75, 3.05) is 6.54 Å². The molecule has 0 rings (SSSR count). The van der Waals surface area contributed by atoms with E-state index in [1.54, 1.807) is 6.92 Å². The van der Waals surface area contributed by atoms with E-state index < -0.39 is 12.0 Å². The minimum Gasteiger partial charge on any atom is -0.548 e. The molecule has 3 heteroatoms. The van der Waals surface area contributed by atoms with Crippen LogP contribution in [0.3, 0.4) is 0 Å². The van der Waals surface area contributed by atoms with E-state index in [0.29, 0.717) is 0 Å². The van der Waals surface area contributed by atoms with E-state index >= 15 is 0 Å². The smallest absolute Gasteiger partial charge is 0.0581 e. The highest BCUT2D eigenvalue weighted by atomic mass is 16.4. The average Bonchev–Trinajstić information content (AvgIpc) is 2.35. The molecule has 0 fully saturated rings. The quantitative estimate of drug-likeness (QED) is 0.515. The summed E-state index contributed by atoms with van der Waals surface area (Å²) in [5, 5.41) is 13.4. The summed E-state index contributed by atoms with van der Waals surface area (Å²) >= 11 is 0. The molecule has 0 aromatic rings. The zero-order valence-electron chi connectivity index (χ0n) is 12.2. The Morgan fingerprint density at radius 1 is 0.944 bits per heavy atom. The minimum absolute atomic E-state index is 0.524. The van der Waals surface area contributed by atoms with E-state index in [1.165, 1.54) is 57.8 Å². The molecule has 1 atom stereocenters. The summed E-state index contributed by atoms with van der Waals surface area (Å²) in [7, 11) is 0. The maximum Gasteiger partial charge on any atom is 0.0581 e. The Morgan fingerprint density at radius 2 is 1.39 bits per heavy atom. The molecule has 0 aliphatic heterocycles. The van der Waals surface area contributed by atoms with Crippen LogP contribution in [-0.2, 0) is 4.79 Å². The first-order valence-electron chi connectivity index (χ1n) is 7.62. The van der Waals surface area contributed by atoms with Gasteiger partial charge in [0.25, 0.3) is 0 Å². The van der Waals surface area contributed by atoms with Gasteiger partial charge in [0.1, 0.15) is 0 Å². The van der Waals surface area contributed by atoms with Crippen LogP contribution < -0.4 is 10.4 Å². The first-order chi connectivity index (χ1) is 8.68. The fourth-order valence-electron chi connectivity index (χ4n) is 2.01. The number of aliphatic carboxylic acids is 1. The van der Waals surface area contributed by atoms with Gasteiger partial charge in [-0.1, -0.05) is 64.7 Å². The molecule has 0 radical (unpaired) electrons. The molecule has 0 heterocycles. The Hall–Kier alpha value is -0.570. The van der Waals surface area contributed by atoms with Crippen LogP contribution in [-0.4, -0.2) is 18.6 Å². The molecule has 0 aromatic carbocycles. The summed E-state index contributed by atoms with van der Waals surface area (Å²) in [5.74, 6) is -1.01. The van der Waals surface area contributed by atoms with Crippen LogP contribution in [0.25, 0.3) is 0 Å².